The molecule has 0 radical (unpaired) electrons. The highest BCUT2D eigenvalue weighted by atomic mass is 32.2. The first kappa shape index (κ1) is 22.9. The first-order valence-corrected chi connectivity index (χ1v) is 11.3. The van der Waals surface area contributed by atoms with E-state index in [1.165, 1.54) is 42.5 Å². The minimum Gasteiger partial charge on any atom is -0.378 e. The van der Waals surface area contributed by atoms with Gasteiger partial charge in [-0.3, -0.25) is 14.9 Å². The van der Waals surface area contributed by atoms with Crippen molar-refractivity contribution in [2.75, 3.05) is 4.90 Å². The maximum atomic E-state index is 13.3. The zero-order chi connectivity index (χ0) is 24.5. The summed E-state index contributed by atoms with van der Waals surface area (Å²) in [5, 5.41) is 2.05. The molecular formula is C24H17FN2O6S. The van der Waals surface area contributed by atoms with Gasteiger partial charge < -0.3 is 4.18 Å². The summed E-state index contributed by atoms with van der Waals surface area (Å²) in [5.41, 5.74) is 0.595. The minimum absolute atomic E-state index is 0.0498. The molecule has 172 valence electrons. The number of hydrogen-bond acceptors (Lipinski definition) is 6. The highest BCUT2D eigenvalue weighted by Gasteiger charge is 2.37. The van der Waals surface area contributed by atoms with Crippen LogP contribution in [0.2, 0.25) is 0 Å². The standard InChI is InChI=1S/C24H17FN2O6S/c1-15-6-12-19(13-7-15)34(31,32)33-21-5-3-2-4-16(21)14-20-22(28)26-24(30)27(23(20)29)18-10-8-17(25)9-11-18/h2-14H,1H3,(H,26,28,30)/b20-14+. The highest BCUT2D eigenvalue weighted by molar-refractivity contribution is 7.87. The molecular weight excluding hydrogens is 463 g/mol. The summed E-state index contributed by atoms with van der Waals surface area (Å²) in [7, 11) is -4.20. The Hall–Kier alpha value is -4.31. The van der Waals surface area contributed by atoms with Gasteiger partial charge >= 0.3 is 16.1 Å². The van der Waals surface area contributed by atoms with Gasteiger partial charge in [0.15, 0.2) is 0 Å². The van der Waals surface area contributed by atoms with Gasteiger partial charge in [0.1, 0.15) is 22.0 Å². The van der Waals surface area contributed by atoms with Crippen molar-refractivity contribution in [3.63, 3.8) is 0 Å². The molecule has 1 aliphatic rings. The number of amides is 4. The van der Waals surface area contributed by atoms with Crippen molar-refractivity contribution < 1.29 is 31.4 Å². The van der Waals surface area contributed by atoms with Crippen LogP contribution in [0.25, 0.3) is 6.08 Å². The summed E-state index contributed by atoms with van der Waals surface area (Å²) in [4.78, 5) is 38.3. The number of anilines is 1. The zero-order valence-electron chi connectivity index (χ0n) is 17.7. The molecule has 8 nitrogen and oxygen atoms in total. The lowest BCUT2D eigenvalue weighted by Gasteiger charge is -2.26. The van der Waals surface area contributed by atoms with Crippen molar-refractivity contribution in [1.82, 2.24) is 5.32 Å². The first-order valence-electron chi connectivity index (χ1n) is 9.93. The van der Waals surface area contributed by atoms with Crippen molar-refractivity contribution in [3.05, 3.63) is 95.3 Å². The highest BCUT2D eigenvalue weighted by Crippen LogP contribution is 2.28. The second-order valence-corrected chi connectivity index (χ2v) is 8.87. The van der Waals surface area contributed by atoms with E-state index in [4.69, 9.17) is 4.18 Å². The molecule has 3 aromatic carbocycles. The second-order valence-electron chi connectivity index (χ2n) is 7.32. The summed E-state index contributed by atoms with van der Waals surface area (Å²) >= 11 is 0. The van der Waals surface area contributed by atoms with E-state index in [9.17, 15) is 27.2 Å². The van der Waals surface area contributed by atoms with Crippen LogP contribution < -0.4 is 14.4 Å². The summed E-state index contributed by atoms with van der Waals surface area (Å²) in [6, 6.07) is 15.5. The molecule has 0 bridgehead atoms. The Balaban J connectivity index is 1.70. The van der Waals surface area contributed by atoms with Gasteiger partial charge in [-0.05, 0) is 55.5 Å². The molecule has 10 heteroatoms. The van der Waals surface area contributed by atoms with Crippen LogP contribution in [-0.2, 0) is 19.7 Å². The Morgan fingerprint density at radius 2 is 1.56 bits per heavy atom. The van der Waals surface area contributed by atoms with Gasteiger partial charge in [0.25, 0.3) is 11.8 Å². The van der Waals surface area contributed by atoms with Gasteiger partial charge in [-0.1, -0.05) is 35.9 Å². The number of nitrogens with one attached hydrogen (secondary N) is 1. The maximum absolute atomic E-state index is 13.3. The van der Waals surface area contributed by atoms with E-state index in [0.29, 0.717) is 4.90 Å². The Morgan fingerprint density at radius 3 is 2.24 bits per heavy atom. The van der Waals surface area contributed by atoms with Crippen LogP contribution in [0.1, 0.15) is 11.1 Å². The second kappa shape index (κ2) is 8.91. The summed E-state index contributed by atoms with van der Waals surface area (Å²) in [6.45, 7) is 1.81. The molecule has 0 saturated carbocycles. The molecule has 34 heavy (non-hydrogen) atoms. The fraction of sp³-hybridized carbons (Fsp3) is 0.0417. The number of rotatable bonds is 5. The van der Waals surface area contributed by atoms with E-state index in [1.54, 1.807) is 18.2 Å². The number of nitrogens with zero attached hydrogens (tertiary/aromatic N) is 1. The molecule has 1 heterocycles. The third-order valence-electron chi connectivity index (χ3n) is 4.91. The molecule has 4 rings (SSSR count). The number of para-hydroxylation sites is 1. The van der Waals surface area contributed by atoms with Crippen LogP contribution >= 0.6 is 0 Å². The molecule has 0 aliphatic carbocycles. The molecule has 1 aliphatic heterocycles. The lowest BCUT2D eigenvalue weighted by molar-refractivity contribution is -0.122. The lowest BCUT2D eigenvalue weighted by atomic mass is 10.1. The molecule has 0 aromatic heterocycles. The van der Waals surface area contributed by atoms with Gasteiger partial charge in [-0.15, -0.1) is 0 Å². The topological polar surface area (TPSA) is 110 Å². The average Bonchev–Trinajstić information content (AvgIpc) is 2.79. The molecule has 4 amide bonds. The fourth-order valence-electron chi connectivity index (χ4n) is 3.18. The predicted octanol–water partition coefficient (Wildman–Crippen LogP) is 3.57. The minimum atomic E-state index is -4.20. The lowest BCUT2D eigenvalue weighted by Crippen LogP contribution is -2.54. The molecule has 1 N–H and O–H groups in total. The van der Waals surface area contributed by atoms with Crippen LogP contribution in [0.15, 0.2) is 83.3 Å². The van der Waals surface area contributed by atoms with Crippen molar-refractivity contribution in [2.45, 2.75) is 11.8 Å². The molecule has 3 aromatic rings. The van der Waals surface area contributed by atoms with Crippen molar-refractivity contribution in [3.8, 4) is 5.75 Å². The molecule has 0 unspecified atom stereocenters. The van der Waals surface area contributed by atoms with Crippen LogP contribution in [0.4, 0.5) is 14.9 Å². The SMILES string of the molecule is Cc1ccc(S(=O)(=O)Oc2ccccc2/C=C2\C(=O)NC(=O)N(c3ccc(F)cc3)C2=O)cc1. The normalized spacial score (nSPS) is 15.4. The van der Waals surface area contributed by atoms with E-state index in [0.717, 1.165) is 23.8 Å². The number of barbiturate groups is 1. The van der Waals surface area contributed by atoms with Crippen molar-refractivity contribution in [1.29, 1.82) is 0 Å². The van der Waals surface area contributed by atoms with Crippen LogP contribution in [-0.4, -0.2) is 26.3 Å². The molecule has 1 saturated heterocycles. The number of imide groups is 2. The smallest absolute Gasteiger partial charge is 0.339 e. The third kappa shape index (κ3) is 4.57. The van der Waals surface area contributed by atoms with E-state index < -0.39 is 39.4 Å². The first-order chi connectivity index (χ1) is 16.2. The van der Waals surface area contributed by atoms with Gasteiger partial charge in [0, 0.05) is 5.56 Å². The zero-order valence-corrected chi connectivity index (χ0v) is 18.5. The maximum Gasteiger partial charge on any atom is 0.339 e. The number of carbonyl (C=O) groups excluding carboxylic acids is 3. The van der Waals surface area contributed by atoms with Gasteiger partial charge in [-0.25, -0.2) is 14.1 Å². The number of hydrogen-bond donors (Lipinski definition) is 1. The number of aryl methyl sites for hydroxylation is 1. The number of urea groups is 1. The quantitative estimate of drug-likeness (QED) is 0.340. The Kier molecular flexibility index (Phi) is 5.99. The third-order valence-corrected chi connectivity index (χ3v) is 6.16. The molecule has 0 spiro atoms. The summed E-state index contributed by atoms with van der Waals surface area (Å²) in [6.07, 6.45) is 1.13. The van der Waals surface area contributed by atoms with Crippen LogP contribution in [0.3, 0.4) is 0 Å². The number of halogens is 1. The van der Waals surface area contributed by atoms with Gasteiger partial charge in [0.2, 0.25) is 0 Å². The van der Waals surface area contributed by atoms with E-state index >= 15 is 0 Å². The van der Waals surface area contributed by atoms with Crippen molar-refractivity contribution >= 4 is 39.7 Å². The van der Waals surface area contributed by atoms with E-state index in [2.05, 4.69) is 0 Å². The Bertz CT molecular complexity index is 1430. The predicted molar refractivity (Wildman–Crippen MR) is 121 cm³/mol. The monoisotopic (exact) mass is 480 g/mol. The van der Waals surface area contributed by atoms with E-state index in [-0.39, 0.29) is 21.9 Å². The fourth-order valence-corrected chi connectivity index (χ4v) is 4.14. The number of benzene rings is 3. The Morgan fingerprint density at radius 1 is 0.912 bits per heavy atom. The summed E-state index contributed by atoms with van der Waals surface area (Å²) in [5.74, 6) is -2.62. The largest absolute Gasteiger partial charge is 0.378 e. The van der Waals surface area contributed by atoms with E-state index in [1.807, 2.05) is 12.2 Å². The summed E-state index contributed by atoms with van der Waals surface area (Å²) < 4.78 is 44.0. The van der Waals surface area contributed by atoms with Gasteiger partial charge in [-0.2, -0.15) is 8.42 Å². The Labute approximate surface area is 194 Å². The van der Waals surface area contributed by atoms with Crippen LogP contribution in [0.5, 0.6) is 5.75 Å². The number of carbonyl (C=O) groups is 3. The average molecular weight is 480 g/mol. The molecule has 0 atom stereocenters. The molecule has 1 fully saturated rings. The van der Waals surface area contributed by atoms with Crippen LogP contribution in [0, 0.1) is 12.7 Å². The van der Waals surface area contributed by atoms with Gasteiger partial charge in [0.05, 0.1) is 5.69 Å². The van der Waals surface area contributed by atoms with Crippen molar-refractivity contribution in [2.24, 2.45) is 0 Å².